The minimum Gasteiger partial charge on any atom is -0.488 e. The van der Waals surface area contributed by atoms with Crippen LogP contribution in [0.5, 0.6) is 5.75 Å². The fourth-order valence-corrected chi connectivity index (χ4v) is 2.65. The molecule has 1 aromatic heterocycles. The van der Waals surface area contributed by atoms with E-state index in [0.717, 1.165) is 42.9 Å². The topological polar surface area (TPSA) is 39.1 Å². The molecule has 21 heavy (non-hydrogen) atoms. The molecule has 0 bridgehead atoms. The predicted molar refractivity (Wildman–Crippen MR) is 78.7 cm³/mol. The van der Waals surface area contributed by atoms with Crippen molar-refractivity contribution in [3.05, 3.63) is 47.5 Å². The van der Waals surface area contributed by atoms with E-state index in [0.29, 0.717) is 6.54 Å². The summed E-state index contributed by atoms with van der Waals surface area (Å²) in [5.41, 5.74) is 2.09. The zero-order chi connectivity index (χ0) is 14.7. The Morgan fingerprint density at radius 3 is 3.19 bits per heavy atom. The Balaban J connectivity index is 1.62. The van der Waals surface area contributed by atoms with E-state index in [4.69, 9.17) is 4.74 Å². The van der Waals surface area contributed by atoms with Crippen molar-refractivity contribution < 1.29 is 9.13 Å². The molecular formula is C16H20FN3O. The van der Waals surface area contributed by atoms with Crippen molar-refractivity contribution in [3.63, 3.8) is 0 Å². The number of hydrogen-bond donors (Lipinski definition) is 1. The molecule has 1 aromatic carbocycles. The average Bonchev–Trinajstić information content (AvgIpc) is 3.06. The number of hydrogen-bond acceptors (Lipinski definition) is 3. The summed E-state index contributed by atoms with van der Waals surface area (Å²) in [7, 11) is 0. The zero-order valence-electron chi connectivity index (χ0n) is 12.2. The summed E-state index contributed by atoms with van der Waals surface area (Å²) in [6.07, 6.45) is 3.67. The maximum Gasteiger partial charge on any atom is 0.123 e. The third-order valence-corrected chi connectivity index (χ3v) is 3.68. The second kappa shape index (κ2) is 6.26. The first-order valence-electron chi connectivity index (χ1n) is 7.42. The Hall–Kier alpha value is -1.88. The van der Waals surface area contributed by atoms with Crippen LogP contribution in [0, 0.1) is 5.82 Å². The number of nitrogens with zero attached hydrogens (tertiary/aromatic N) is 2. The van der Waals surface area contributed by atoms with Gasteiger partial charge < -0.3 is 10.1 Å². The van der Waals surface area contributed by atoms with E-state index in [1.54, 1.807) is 12.1 Å². The van der Waals surface area contributed by atoms with Gasteiger partial charge in [0, 0.05) is 24.7 Å². The molecule has 1 aliphatic heterocycles. The van der Waals surface area contributed by atoms with Gasteiger partial charge in [0.1, 0.15) is 17.7 Å². The van der Waals surface area contributed by atoms with Gasteiger partial charge in [-0.3, -0.25) is 4.68 Å². The maximum absolute atomic E-state index is 13.2. The van der Waals surface area contributed by atoms with Gasteiger partial charge in [0.2, 0.25) is 0 Å². The highest BCUT2D eigenvalue weighted by Crippen LogP contribution is 2.29. The van der Waals surface area contributed by atoms with Crippen LogP contribution in [0.4, 0.5) is 4.39 Å². The standard InChI is InChI=1S/C16H20FN3O/c1-2-6-18-10-14-5-7-19-20(14)11-15-9-12-8-13(17)3-4-16(12)21-15/h3-5,7-8,15,18H,2,6,9-11H2,1H3. The summed E-state index contributed by atoms with van der Waals surface area (Å²) in [5, 5.41) is 7.74. The van der Waals surface area contributed by atoms with Crippen LogP contribution in [-0.4, -0.2) is 22.4 Å². The number of aromatic nitrogens is 2. The summed E-state index contributed by atoms with van der Waals surface area (Å²) < 4.78 is 21.1. The fourth-order valence-electron chi connectivity index (χ4n) is 2.65. The number of ether oxygens (including phenoxy) is 1. The average molecular weight is 289 g/mol. The molecule has 0 amide bonds. The van der Waals surface area contributed by atoms with Crippen molar-refractivity contribution in [1.82, 2.24) is 15.1 Å². The van der Waals surface area contributed by atoms with Gasteiger partial charge in [0.15, 0.2) is 0 Å². The van der Waals surface area contributed by atoms with Crippen molar-refractivity contribution >= 4 is 0 Å². The Morgan fingerprint density at radius 2 is 2.33 bits per heavy atom. The van der Waals surface area contributed by atoms with Gasteiger partial charge in [-0.25, -0.2) is 4.39 Å². The smallest absolute Gasteiger partial charge is 0.123 e. The molecule has 1 unspecified atom stereocenters. The van der Waals surface area contributed by atoms with Crippen molar-refractivity contribution in [1.29, 1.82) is 0 Å². The van der Waals surface area contributed by atoms with Crippen LogP contribution >= 0.6 is 0 Å². The lowest BCUT2D eigenvalue weighted by Crippen LogP contribution is -2.25. The summed E-state index contributed by atoms with van der Waals surface area (Å²) in [6, 6.07) is 6.72. The first kappa shape index (κ1) is 14.1. The van der Waals surface area contributed by atoms with Crippen molar-refractivity contribution in [2.45, 2.75) is 39.0 Å². The van der Waals surface area contributed by atoms with Crippen LogP contribution in [0.2, 0.25) is 0 Å². The van der Waals surface area contributed by atoms with E-state index in [9.17, 15) is 4.39 Å². The predicted octanol–water partition coefficient (Wildman–Crippen LogP) is 2.53. The van der Waals surface area contributed by atoms with Gasteiger partial charge in [-0.1, -0.05) is 6.92 Å². The monoisotopic (exact) mass is 289 g/mol. The second-order valence-corrected chi connectivity index (χ2v) is 5.38. The number of nitrogens with one attached hydrogen (secondary N) is 1. The summed E-state index contributed by atoms with van der Waals surface area (Å²) in [6.45, 7) is 4.64. The van der Waals surface area contributed by atoms with Gasteiger partial charge >= 0.3 is 0 Å². The van der Waals surface area contributed by atoms with E-state index < -0.39 is 0 Å². The van der Waals surface area contributed by atoms with Crippen LogP contribution < -0.4 is 10.1 Å². The van der Waals surface area contributed by atoms with Gasteiger partial charge in [-0.05, 0) is 37.2 Å². The van der Waals surface area contributed by atoms with Crippen LogP contribution in [0.15, 0.2) is 30.5 Å². The number of rotatable bonds is 6. The molecule has 0 saturated heterocycles. The molecule has 3 rings (SSSR count). The maximum atomic E-state index is 13.2. The molecule has 2 aromatic rings. The highest BCUT2D eigenvalue weighted by molar-refractivity contribution is 5.37. The minimum absolute atomic E-state index is 0.0200. The lowest BCUT2D eigenvalue weighted by atomic mass is 10.1. The largest absolute Gasteiger partial charge is 0.488 e. The molecule has 112 valence electrons. The molecule has 1 N–H and O–H groups in total. The molecule has 0 radical (unpaired) electrons. The summed E-state index contributed by atoms with van der Waals surface area (Å²) in [4.78, 5) is 0. The van der Waals surface area contributed by atoms with Crippen molar-refractivity contribution in [2.75, 3.05) is 6.54 Å². The fraction of sp³-hybridized carbons (Fsp3) is 0.438. The Morgan fingerprint density at radius 1 is 1.43 bits per heavy atom. The SMILES string of the molecule is CCCNCc1ccnn1CC1Cc2cc(F)ccc2O1. The molecule has 1 aliphatic rings. The molecule has 0 saturated carbocycles. The van der Waals surface area contributed by atoms with Crippen LogP contribution in [0.25, 0.3) is 0 Å². The molecule has 2 heterocycles. The highest BCUT2D eigenvalue weighted by atomic mass is 19.1. The summed E-state index contributed by atoms with van der Waals surface area (Å²) in [5.74, 6) is 0.584. The Kier molecular flexibility index (Phi) is 4.20. The van der Waals surface area contributed by atoms with E-state index >= 15 is 0 Å². The summed E-state index contributed by atoms with van der Waals surface area (Å²) >= 11 is 0. The van der Waals surface area contributed by atoms with Gasteiger partial charge in [-0.2, -0.15) is 5.10 Å². The molecule has 0 fully saturated rings. The molecule has 5 heteroatoms. The van der Waals surface area contributed by atoms with E-state index in [2.05, 4.69) is 17.3 Å². The van der Waals surface area contributed by atoms with Crippen LogP contribution in [-0.2, 0) is 19.5 Å². The minimum atomic E-state index is -0.207. The van der Waals surface area contributed by atoms with Crippen LogP contribution in [0.1, 0.15) is 24.6 Å². The lowest BCUT2D eigenvalue weighted by Gasteiger charge is -2.13. The third kappa shape index (κ3) is 3.24. The molecule has 1 atom stereocenters. The van der Waals surface area contributed by atoms with Gasteiger partial charge in [0.25, 0.3) is 0 Å². The molecule has 0 aliphatic carbocycles. The number of halogens is 1. The van der Waals surface area contributed by atoms with Crippen LogP contribution in [0.3, 0.4) is 0 Å². The molecule has 0 spiro atoms. The zero-order valence-corrected chi connectivity index (χ0v) is 12.2. The van der Waals surface area contributed by atoms with Crippen molar-refractivity contribution in [3.8, 4) is 5.75 Å². The second-order valence-electron chi connectivity index (χ2n) is 5.38. The van der Waals surface area contributed by atoms with E-state index in [1.165, 1.54) is 6.07 Å². The van der Waals surface area contributed by atoms with E-state index in [-0.39, 0.29) is 11.9 Å². The Bertz CT molecular complexity index is 611. The third-order valence-electron chi connectivity index (χ3n) is 3.68. The molecule has 4 nitrogen and oxygen atoms in total. The van der Waals surface area contributed by atoms with E-state index in [1.807, 2.05) is 16.9 Å². The van der Waals surface area contributed by atoms with Crippen molar-refractivity contribution in [2.24, 2.45) is 0 Å². The van der Waals surface area contributed by atoms with Gasteiger partial charge in [-0.15, -0.1) is 0 Å². The lowest BCUT2D eigenvalue weighted by molar-refractivity contribution is 0.201. The van der Waals surface area contributed by atoms with Gasteiger partial charge in [0.05, 0.1) is 12.2 Å². The number of fused-ring (bicyclic) bond motifs is 1. The quantitative estimate of drug-likeness (QED) is 0.831. The normalized spacial score (nSPS) is 16.8. The Labute approximate surface area is 123 Å². The first-order chi connectivity index (χ1) is 10.3. The number of benzene rings is 1. The highest BCUT2D eigenvalue weighted by Gasteiger charge is 2.24. The first-order valence-corrected chi connectivity index (χ1v) is 7.42. The molecular weight excluding hydrogens is 269 g/mol.